The van der Waals surface area contributed by atoms with Crippen LogP contribution in [0.15, 0.2) is 22.7 Å². The van der Waals surface area contributed by atoms with E-state index < -0.39 is 30.7 Å². The maximum Gasteiger partial charge on any atom is 0.573 e. The number of aliphatic carboxylic acids is 1. The lowest BCUT2D eigenvalue weighted by Crippen LogP contribution is -2.33. The van der Waals surface area contributed by atoms with Gasteiger partial charge in [0.1, 0.15) is 12.3 Å². The highest BCUT2D eigenvalue weighted by Gasteiger charge is 2.31. The summed E-state index contributed by atoms with van der Waals surface area (Å²) in [5, 5.41) is 12.6. The van der Waals surface area contributed by atoms with Crippen LogP contribution in [0.1, 0.15) is 0 Å². The van der Waals surface area contributed by atoms with E-state index in [-0.39, 0.29) is 10.2 Å². The summed E-state index contributed by atoms with van der Waals surface area (Å²) in [6.07, 6.45) is -4.82. The number of hydrogen-bond acceptors (Lipinski definition) is 3. The van der Waals surface area contributed by atoms with Crippen LogP contribution in [0.5, 0.6) is 5.75 Å². The Morgan fingerprint density at radius 2 is 2.00 bits per heavy atom. The first kappa shape index (κ1) is 16.1. The summed E-state index contributed by atoms with van der Waals surface area (Å²) in [6.45, 7) is -0.581. The highest BCUT2D eigenvalue weighted by atomic mass is 79.9. The van der Waals surface area contributed by atoms with Crippen molar-refractivity contribution >= 4 is 33.6 Å². The molecule has 0 aromatic heterocycles. The van der Waals surface area contributed by atoms with Gasteiger partial charge in [-0.2, -0.15) is 0 Å². The lowest BCUT2D eigenvalue weighted by molar-refractivity contribution is -0.274. The molecule has 1 aromatic rings. The average molecular weight is 357 g/mol. The van der Waals surface area contributed by atoms with Gasteiger partial charge >= 0.3 is 18.4 Å². The van der Waals surface area contributed by atoms with Gasteiger partial charge in [0.25, 0.3) is 0 Å². The summed E-state index contributed by atoms with van der Waals surface area (Å²) in [7, 11) is 0. The largest absolute Gasteiger partial charge is 0.573 e. The number of carboxylic acid groups (broad SMARTS) is 1. The Bertz CT molecular complexity index is 522. The molecule has 0 atom stereocenters. The third-order valence-electron chi connectivity index (χ3n) is 1.82. The molecule has 0 aliphatic heterocycles. The number of hydrogen-bond donors (Lipinski definition) is 3. The van der Waals surface area contributed by atoms with Gasteiger partial charge in [-0.1, -0.05) is 0 Å². The molecule has 110 valence electrons. The molecule has 2 amide bonds. The maximum atomic E-state index is 12.0. The number of amides is 2. The molecule has 6 nitrogen and oxygen atoms in total. The quantitative estimate of drug-likeness (QED) is 0.773. The van der Waals surface area contributed by atoms with Crippen LogP contribution in [0.2, 0.25) is 0 Å². The van der Waals surface area contributed by atoms with Crippen LogP contribution < -0.4 is 15.4 Å². The summed E-state index contributed by atoms with van der Waals surface area (Å²) < 4.78 is 39.8. The van der Waals surface area contributed by atoms with E-state index in [1.54, 1.807) is 0 Å². The standard InChI is InChI=1S/C10H8BrF3N2O4/c11-6-3-5(16-9(19)15-4-8(17)18)1-2-7(6)20-10(12,13)14/h1-3H,4H2,(H,17,18)(H2,15,16,19). The third-order valence-corrected chi connectivity index (χ3v) is 2.44. The van der Waals surface area contributed by atoms with Gasteiger partial charge in [-0.05, 0) is 34.1 Å². The van der Waals surface area contributed by atoms with Gasteiger partial charge in [-0.15, -0.1) is 13.2 Å². The minimum atomic E-state index is -4.82. The summed E-state index contributed by atoms with van der Waals surface area (Å²) in [6, 6.07) is 2.56. The van der Waals surface area contributed by atoms with Crippen molar-refractivity contribution in [3.63, 3.8) is 0 Å². The Hall–Kier alpha value is -1.97. The topological polar surface area (TPSA) is 87.7 Å². The number of carboxylic acids is 1. The second kappa shape index (κ2) is 6.46. The Labute approximate surface area is 119 Å². The Balaban J connectivity index is 2.68. The van der Waals surface area contributed by atoms with E-state index in [0.717, 1.165) is 6.07 Å². The summed E-state index contributed by atoms with van der Waals surface area (Å²) >= 11 is 2.86. The first-order chi connectivity index (χ1) is 9.17. The molecule has 0 fully saturated rings. The highest BCUT2D eigenvalue weighted by Crippen LogP contribution is 2.32. The molecule has 10 heteroatoms. The number of benzene rings is 1. The van der Waals surface area contributed by atoms with Crippen molar-refractivity contribution in [3.8, 4) is 5.75 Å². The van der Waals surface area contributed by atoms with E-state index in [1.165, 1.54) is 12.1 Å². The third kappa shape index (κ3) is 5.78. The predicted octanol–water partition coefficient (Wildman–Crippen LogP) is 2.55. The zero-order valence-corrected chi connectivity index (χ0v) is 11.2. The van der Waals surface area contributed by atoms with E-state index in [2.05, 4.69) is 26.0 Å². The normalized spacial score (nSPS) is 10.8. The van der Waals surface area contributed by atoms with Gasteiger partial charge in [0.15, 0.2) is 0 Å². The molecule has 1 rings (SSSR count). The number of ether oxygens (including phenoxy) is 1. The lowest BCUT2D eigenvalue weighted by Gasteiger charge is -2.12. The van der Waals surface area contributed by atoms with Gasteiger partial charge < -0.3 is 20.5 Å². The monoisotopic (exact) mass is 356 g/mol. The lowest BCUT2D eigenvalue weighted by atomic mass is 10.3. The van der Waals surface area contributed by atoms with Crippen LogP contribution in [0, 0.1) is 0 Å². The molecule has 0 radical (unpaired) electrons. The molecular formula is C10H8BrF3N2O4. The van der Waals surface area contributed by atoms with Crippen molar-refractivity contribution in [1.29, 1.82) is 0 Å². The SMILES string of the molecule is O=C(O)CNC(=O)Nc1ccc(OC(F)(F)F)c(Br)c1. The first-order valence-corrected chi connectivity index (χ1v) is 5.78. The Morgan fingerprint density at radius 1 is 1.35 bits per heavy atom. The number of carbonyl (C=O) groups is 2. The summed E-state index contributed by atoms with van der Waals surface area (Å²) in [4.78, 5) is 21.4. The summed E-state index contributed by atoms with van der Waals surface area (Å²) in [5.74, 6) is -1.69. The van der Waals surface area contributed by atoms with Crippen molar-refractivity contribution in [2.75, 3.05) is 11.9 Å². The number of alkyl halides is 3. The molecule has 0 heterocycles. The molecule has 1 aromatic carbocycles. The number of nitrogens with one attached hydrogen (secondary N) is 2. The van der Waals surface area contributed by atoms with E-state index in [4.69, 9.17) is 5.11 Å². The number of anilines is 1. The Morgan fingerprint density at radius 3 is 2.50 bits per heavy atom. The van der Waals surface area contributed by atoms with Crippen LogP contribution in [0.3, 0.4) is 0 Å². The fourth-order valence-corrected chi connectivity index (χ4v) is 1.58. The number of rotatable bonds is 4. The minimum Gasteiger partial charge on any atom is -0.480 e. The van der Waals surface area contributed by atoms with Gasteiger partial charge in [0, 0.05) is 5.69 Å². The smallest absolute Gasteiger partial charge is 0.480 e. The first-order valence-electron chi connectivity index (χ1n) is 4.99. The second-order valence-electron chi connectivity index (χ2n) is 3.39. The molecule has 0 bridgehead atoms. The van der Waals surface area contributed by atoms with E-state index in [0.29, 0.717) is 0 Å². The van der Waals surface area contributed by atoms with Crippen LogP contribution in [-0.4, -0.2) is 30.0 Å². The van der Waals surface area contributed by atoms with E-state index >= 15 is 0 Å². The van der Waals surface area contributed by atoms with Crippen LogP contribution in [0.25, 0.3) is 0 Å². The molecule has 0 spiro atoms. The predicted molar refractivity (Wildman–Crippen MR) is 65.5 cm³/mol. The molecule has 0 saturated heterocycles. The summed E-state index contributed by atoms with van der Waals surface area (Å²) in [5.41, 5.74) is 0.161. The molecule has 20 heavy (non-hydrogen) atoms. The molecule has 3 N–H and O–H groups in total. The van der Waals surface area contributed by atoms with E-state index in [1.807, 2.05) is 5.32 Å². The van der Waals surface area contributed by atoms with Crippen molar-refractivity contribution in [2.45, 2.75) is 6.36 Å². The van der Waals surface area contributed by atoms with Gasteiger partial charge in [0.2, 0.25) is 0 Å². The van der Waals surface area contributed by atoms with Gasteiger partial charge in [0.05, 0.1) is 4.47 Å². The van der Waals surface area contributed by atoms with Gasteiger partial charge in [-0.3, -0.25) is 4.79 Å². The number of urea groups is 1. The van der Waals surface area contributed by atoms with Crippen molar-refractivity contribution in [2.24, 2.45) is 0 Å². The number of carbonyl (C=O) groups excluding carboxylic acids is 1. The van der Waals surface area contributed by atoms with Crippen LogP contribution >= 0.6 is 15.9 Å². The zero-order chi connectivity index (χ0) is 15.3. The van der Waals surface area contributed by atoms with Crippen LogP contribution in [-0.2, 0) is 4.79 Å². The molecule has 0 unspecified atom stereocenters. The average Bonchev–Trinajstić information content (AvgIpc) is 2.28. The number of halogens is 4. The van der Waals surface area contributed by atoms with E-state index in [9.17, 15) is 22.8 Å². The van der Waals surface area contributed by atoms with Gasteiger partial charge in [-0.25, -0.2) is 4.79 Å². The molecule has 0 saturated carbocycles. The van der Waals surface area contributed by atoms with Crippen LogP contribution in [0.4, 0.5) is 23.7 Å². The van der Waals surface area contributed by atoms with Crippen molar-refractivity contribution in [1.82, 2.24) is 5.32 Å². The Kier molecular flexibility index (Phi) is 5.19. The maximum absolute atomic E-state index is 12.0. The van der Waals surface area contributed by atoms with Crippen molar-refractivity contribution in [3.05, 3.63) is 22.7 Å². The van der Waals surface area contributed by atoms with Crippen molar-refractivity contribution < 1.29 is 32.6 Å². The highest BCUT2D eigenvalue weighted by molar-refractivity contribution is 9.10. The molecule has 0 aliphatic rings. The second-order valence-corrected chi connectivity index (χ2v) is 4.25. The fourth-order valence-electron chi connectivity index (χ4n) is 1.12. The minimum absolute atomic E-state index is 0.0224. The zero-order valence-electron chi connectivity index (χ0n) is 9.62. The fraction of sp³-hybridized carbons (Fsp3) is 0.200. The molecular weight excluding hydrogens is 349 g/mol. The molecule has 0 aliphatic carbocycles.